The van der Waals surface area contributed by atoms with Crippen LogP contribution < -0.4 is 29.6 Å². The second-order valence-corrected chi connectivity index (χ2v) is 10.7. The van der Waals surface area contributed by atoms with E-state index in [4.69, 9.17) is 18.9 Å². The molecule has 0 aliphatic carbocycles. The van der Waals surface area contributed by atoms with E-state index in [9.17, 15) is 14.4 Å². The van der Waals surface area contributed by atoms with Crippen molar-refractivity contribution in [3.05, 3.63) is 76.7 Å². The van der Waals surface area contributed by atoms with Gasteiger partial charge in [0, 0.05) is 53.8 Å². The predicted octanol–water partition coefficient (Wildman–Crippen LogP) is 2.07. The van der Waals surface area contributed by atoms with Crippen molar-refractivity contribution < 1.29 is 33.3 Å². The summed E-state index contributed by atoms with van der Waals surface area (Å²) >= 11 is 0. The molecule has 4 bridgehead atoms. The van der Waals surface area contributed by atoms with Crippen LogP contribution in [-0.2, 0) is 11.3 Å². The fourth-order valence-corrected chi connectivity index (χ4v) is 5.42. The van der Waals surface area contributed by atoms with Crippen molar-refractivity contribution in [1.82, 2.24) is 30.1 Å². The minimum absolute atomic E-state index is 0.176. The van der Waals surface area contributed by atoms with Crippen molar-refractivity contribution in [3.63, 3.8) is 0 Å². The summed E-state index contributed by atoms with van der Waals surface area (Å²) in [6, 6.07) is 12.9. The summed E-state index contributed by atoms with van der Waals surface area (Å²) in [5.41, 5.74) is 3.50. The molecule has 2 aromatic carbocycles. The van der Waals surface area contributed by atoms with Gasteiger partial charge in [-0.15, -0.1) is 0 Å². The Morgan fingerprint density at radius 1 is 1.00 bits per heavy atom. The molecule has 2 N–H and O–H groups in total. The monoisotopic (exact) mass is 600 g/mol. The smallest absolute Gasteiger partial charge is 0.274 e. The highest BCUT2D eigenvalue weighted by Gasteiger charge is 2.39. The van der Waals surface area contributed by atoms with Gasteiger partial charge < -0.3 is 34.5 Å². The summed E-state index contributed by atoms with van der Waals surface area (Å²) in [7, 11) is 3.00. The first-order valence-electron chi connectivity index (χ1n) is 14.1. The fourth-order valence-electron chi connectivity index (χ4n) is 5.42. The van der Waals surface area contributed by atoms with Crippen molar-refractivity contribution in [2.24, 2.45) is 0 Å². The van der Waals surface area contributed by atoms with Gasteiger partial charge in [-0.2, -0.15) is 5.10 Å². The highest BCUT2D eigenvalue weighted by molar-refractivity contribution is 5.96. The van der Waals surface area contributed by atoms with Crippen molar-refractivity contribution in [2.45, 2.75) is 32.5 Å². The van der Waals surface area contributed by atoms with E-state index in [0.717, 1.165) is 17.0 Å². The second kappa shape index (κ2) is 11.7. The topological polar surface area (TPSA) is 146 Å². The summed E-state index contributed by atoms with van der Waals surface area (Å²) < 4.78 is 24.6. The molecule has 228 valence electrons. The van der Waals surface area contributed by atoms with Crippen LogP contribution in [0.25, 0.3) is 5.65 Å². The van der Waals surface area contributed by atoms with Crippen LogP contribution in [0, 0.1) is 13.8 Å². The van der Waals surface area contributed by atoms with E-state index in [2.05, 4.69) is 20.7 Å². The van der Waals surface area contributed by atoms with Crippen LogP contribution in [0.15, 0.2) is 48.5 Å². The molecule has 3 aliphatic rings. The number of rotatable bonds is 3. The van der Waals surface area contributed by atoms with Gasteiger partial charge in [0.2, 0.25) is 0 Å². The van der Waals surface area contributed by atoms with E-state index >= 15 is 0 Å². The first-order valence-corrected chi connectivity index (χ1v) is 14.1. The van der Waals surface area contributed by atoms with Crippen LogP contribution in [-0.4, -0.2) is 83.3 Å². The van der Waals surface area contributed by atoms with E-state index in [-0.39, 0.29) is 55.1 Å². The molecule has 7 rings (SSSR count). The number of carbonyl (C=O) groups excluding carboxylic acids is 3. The number of methoxy groups -OCH3 is 2. The van der Waals surface area contributed by atoms with Gasteiger partial charge in [0.15, 0.2) is 17.9 Å². The Morgan fingerprint density at radius 3 is 2.64 bits per heavy atom. The minimum Gasteiger partial charge on any atom is -0.497 e. The lowest BCUT2D eigenvalue weighted by atomic mass is 10.1. The number of amides is 3. The zero-order valence-electron chi connectivity index (χ0n) is 24.7. The molecule has 0 saturated carbocycles. The van der Waals surface area contributed by atoms with Gasteiger partial charge in [-0.3, -0.25) is 14.4 Å². The maximum atomic E-state index is 13.7. The summed E-state index contributed by atoms with van der Waals surface area (Å²) in [4.78, 5) is 45.8. The number of hydrogen-bond acceptors (Lipinski definition) is 9. The number of nitrogens with zero attached hydrogens (tertiary/aromatic N) is 4. The fraction of sp³-hybridized carbons (Fsp3) is 0.323. The van der Waals surface area contributed by atoms with Crippen LogP contribution in [0.1, 0.15) is 37.8 Å². The molecule has 1 saturated heterocycles. The van der Waals surface area contributed by atoms with Crippen molar-refractivity contribution in [3.8, 4) is 23.0 Å². The first-order chi connectivity index (χ1) is 21.2. The highest BCUT2D eigenvalue weighted by Crippen LogP contribution is 2.29. The number of ether oxygens (including phenoxy) is 4. The van der Waals surface area contributed by atoms with Crippen LogP contribution in [0.4, 0.5) is 0 Å². The van der Waals surface area contributed by atoms with Gasteiger partial charge in [-0.25, -0.2) is 9.50 Å². The number of benzene rings is 2. The molecule has 2 aromatic heterocycles. The third-order valence-corrected chi connectivity index (χ3v) is 7.59. The number of hydrogen-bond donors (Lipinski definition) is 2. The van der Waals surface area contributed by atoms with E-state index in [1.54, 1.807) is 45.8 Å². The van der Waals surface area contributed by atoms with Crippen molar-refractivity contribution in [2.75, 3.05) is 33.9 Å². The predicted molar refractivity (Wildman–Crippen MR) is 157 cm³/mol. The normalized spacial score (nSPS) is 18.5. The maximum absolute atomic E-state index is 13.7. The molecular formula is C31H32N6O7. The Labute approximate surface area is 253 Å². The standard InChI is InChI=1S/C31H32N6O7/c1-17-7-18(2)37-28(33-17)12-24(35-37)31(40)36-14-25-27(15-36)44-21-6-5-19(26(11-21)42-4)13-32-29(38)16-43-23-9-20(30(39)34-25)8-22(10-23)41-3/h5-12,25,27H,13-16H2,1-4H3,(H,32,38)(H,34,39)/t25-,27-/m0/s1. The van der Waals surface area contributed by atoms with Crippen LogP contribution in [0.3, 0.4) is 0 Å². The number of aryl methyl sites for hydroxylation is 2. The third kappa shape index (κ3) is 5.80. The van der Waals surface area contributed by atoms with Crippen molar-refractivity contribution in [1.29, 1.82) is 0 Å². The SMILES string of the molecule is COc1cc2cc(c1)C(=O)N[C@H]1CN(C(=O)c3cc4nc(C)cc(C)n4n3)C[C@@H]1Oc1ccc(c(OC)c1)CNC(=O)CO2. The largest absolute Gasteiger partial charge is 0.497 e. The van der Waals surface area contributed by atoms with E-state index in [1.165, 1.54) is 20.3 Å². The molecule has 3 aliphatic heterocycles. The van der Waals surface area contributed by atoms with Gasteiger partial charge in [-0.1, -0.05) is 0 Å². The lowest BCUT2D eigenvalue weighted by Crippen LogP contribution is -2.45. The highest BCUT2D eigenvalue weighted by atomic mass is 16.5. The van der Waals surface area contributed by atoms with Crippen LogP contribution >= 0.6 is 0 Å². The lowest BCUT2D eigenvalue weighted by molar-refractivity contribution is -0.123. The summed E-state index contributed by atoms with van der Waals surface area (Å²) in [5, 5.41) is 10.3. The average molecular weight is 601 g/mol. The molecule has 0 radical (unpaired) electrons. The number of carbonyl (C=O) groups is 3. The Kier molecular flexibility index (Phi) is 7.68. The Morgan fingerprint density at radius 2 is 1.84 bits per heavy atom. The molecule has 5 heterocycles. The molecule has 13 nitrogen and oxygen atoms in total. The molecule has 44 heavy (non-hydrogen) atoms. The van der Waals surface area contributed by atoms with Crippen LogP contribution in [0.2, 0.25) is 0 Å². The molecule has 2 atom stereocenters. The molecule has 4 aromatic rings. The third-order valence-electron chi connectivity index (χ3n) is 7.59. The van der Waals surface area contributed by atoms with Crippen LogP contribution in [0.5, 0.6) is 23.0 Å². The Bertz CT molecular complexity index is 1770. The summed E-state index contributed by atoms with van der Waals surface area (Å²) in [5.74, 6) is 0.588. The van der Waals surface area contributed by atoms with E-state index < -0.39 is 18.1 Å². The second-order valence-electron chi connectivity index (χ2n) is 10.7. The maximum Gasteiger partial charge on any atom is 0.274 e. The Balaban J connectivity index is 1.33. The van der Waals surface area contributed by atoms with E-state index in [0.29, 0.717) is 22.9 Å². The minimum atomic E-state index is -0.602. The number of fused-ring (bicyclic) bond motifs is 8. The van der Waals surface area contributed by atoms with Gasteiger partial charge in [0.25, 0.3) is 17.7 Å². The molecule has 3 amide bonds. The van der Waals surface area contributed by atoms with Gasteiger partial charge >= 0.3 is 0 Å². The van der Waals surface area contributed by atoms with Crippen molar-refractivity contribution >= 4 is 23.4 Å². The average Bonchev–Trinajstić information content (AvgIpc) is 3.62. The van der Waals surface area contributed by atoms with Gasteiger partial charge in [-0.05, 0) is 44.2 Å². The van der Waals surface area contributed by atoms with E-state index in [1.807, 2.05) is 19.9 Å². The summed E-state index contributed by atoms with van der Waals surface area (Å²) in [6.45, 7) is 4.09. The summed E-state index contributed by atoms with van der Waals surface area (Å²) in [6.07, 6.45) is -0.602. The number of aromatic nitrogens is 3. The first kappa shape index (κ1) is 28.8. The van der Waals surface area contributed by atoms with Gasteiger partial charge in [0.1, 0.15) is 29.1 Å². The zero-order valence-corrected chi connectivity index (χ0v) is 24.7. The molecule has 13 heteroatoms. The number of likely N-dealkylation sites (tertiary alicyclic amines) is 1. The lowest BCUT2D eigenvalue weighted by Gasteiger charge is -2.22. The zero-order chi connectivity index (χ0) is 31.0. The molecule has 0 unspecified atom stereocenters. The molecular weight excluding hydrogens is 568 g/mol. The number of nitrogens with one attached hydrogen (secondary N) is 2. The molecule has 0 spiro atoms. The quantitative estimate of drug-likeness (QED) is 0.361. The molecule has 1 fully saturated rings. The van der Waals surface area contributed by atoms with Gasteiger partial charge in [0.05, 0.1) is 26.8 Å². The Hall–Kier alpha value is -5.33.